The lowest BCUT2D eigenvalue weighted by molar-refractivity contribution is 0.511. The molecule has 6 heteroatoms. The molecular formula is C11H10F2N4. The van der Waals surface area contributed by atoms with E-state index < -0.39 is 11.6 Å². The maximum Gasteiger partial charge on any atom is 0.182 e. The largest absolute Gasteiger partial charge is 0.383 e. The van der Waals surface area contributed by atoms with Gasteiger partial charge in [0, 0.05) is 5.56 Å². The van der Waals surface area contributed by atoms with Crippen molar-refractivity contribution in [3.05, 3.63) is 41.7 Å². The molecule has 0 fully saturated rings. The molecule has 0 aliphatic carbocycles. The maximum absolute atomic E-state index is 13.4. The van der Waals surface area contributed by atoms with Gasteiger partial charge in [-0.25, -0.2) is 18.7 Å². The highest BCUT2D eigenvalue weighted by molar-refractivity contribution is 5.63. The van der Waals surface area contributed by atoms with Crippen LogP contribution >= 0.6 is 0 Å². The highest BCUT2D eigenvalue weighted by atomic mass is 19.2. The standard InChI is InChI=1S/C11H10F2N4/c1-6-10(14)15-5-16-11(6)17-8-4-2-3-7(12)9(8)13/h2-5H,1H3,(H3,14,15,16,17). The minimum atomic E-state index is -0.955. The molecule has 2 aromatic rings. The van der Waals surface area contributed by atoms with Crippen LogP contribution in [-0.4, -0.2) is 9.97 Å². The number of anilines is 3. The van der Waals surface area contributed by atoms with Crippen LogP contribution in [0.15, 0.2) is 24.5 Å². The van der Waals surface area contributed by atoms with E-state index in [1.807, 2.05) is 0 Å². The summed E-state index contributed by atoms with van der Waals surface area (Å²) >= 11 is 0. The van der Waals surface area contributed by atoms with Crippen LogP contribution in [0, 0.1) is 18.6 Å². The molecule has 0 saturated carbocycles. The second-order valence-electron chi connectivity index (χ2n) is 3.46. The Labute approximate surface area is 96.5 Å². The van der Waals surface area contributed by atoms with Gasteiger partial charge in [0.2, 0.25) is 0 Å². The lowest BCUT2D eigenvalue weighted by atomic mass is 10.2. The van der Waals surface area contributed by atoms with E-state index in [2.05, 4.69) is 15.3 Å². The summed E-state index contributed by atoms with van der Waals surface area (Å²) in [5, 5.41) is 2.68. The highest BCUT2D eigenvalue weighted by Gasteiger charge is 2.10. The van der Waals surface area contributed by atoms with Gasteiger partial charge in [0.15, 0.2) is 11.6 Å². The summed E-state index contributed by atoms with van der Waals surface area (Å²) in [4.78, 5) is 7.69. The van der Waals surface area contributed by atoms with E-state index >= 15 is 0 Å². The van der Waals surface area contributed by atoms with E-state index in [0.717, 1.165) is 6.07 Å². The Morgan fingerprint density at radius 3 is 2.76 bits per heavy atom. The van der Waals surface area contributed by atoms with Gasteiger partial charge < -0.3 is 11.1 Å². The molecule has 88 valence electrons. The van der Waals surface area contributed by atoms with E-state index in [1.54, 1.807) is 6.92 Å². The molecule has 0 aliphatic heterocycles. The van der Waals surface area contributed by atoms with Gasteiger partial charge in [0.1, 0.15) is 18.0 Å². The minimum Gasteiger partial charge on any atom is -0.383 e. The molecule has 0 radical (unpaired) electrons. The van der Waals surface area contributed by atoms with Crippen LogP contribution in [0.2, 0.25) is 0 Å². The van der Waals surface area contributed by atoms with Gasteiger partial charge in [-0.05, 0) is 19.1 Å². The van der Waals surface area contributed by atoms with Gasteiger partial charge in [-0.1, -0.05) is 6.07 Å². The fourth-order valence-electron chi connectivity index (χ4n) is 1.32. The summed E-state index contributed by atoms with van der Waals surface area (Å²) in [6.45, 7) is 1.69. The van der Waals surface area contributed by atoms with Crippen molar-refractivity contribution >= 4 is 17.3 Å². The molecule has 0 bridgehead atoms. The third-order valence-corrected chi connectivity index (χ3v) is 2.33. The molecule has 1 heterocycles. The molecule has 0 spiro atoms. The highest BCUT2D eigenvalue weighted by Crippen LogP contribution is 2.23. The molecule has 2 rings (SSSR count). The molecule has 0 atom stereocenters. The Kier molecular flexibility index (Phi) is 2.86. The fraction of sp³-hybridized carbons (Fsp3) is 0.0909. The zero-order valence-corrected chi connectivity index (χ0v) is 9.04. The molecule has 1 aromatic heterocycles. The second kappa shape index (κ2) is 4.32. The van der Waals surface area contributed by atoms with Crippen LogP contribution in [0.3, 0.4) is 0 Å². The van der Waals surface area contributed by atoms with Crippen molar-refractivity contribution < 1.29 is 8.78 Å². The van der Waals surface area contributed by atoms with Crippen molar-refractivity contribution in [2.24, 2.45) is 0 Å². The van der Waals surface area contributed by atoms with E-state index in [0.29, 0.717) is 17.2 Å². The Morgan fingerprint density at radius 1 is 1.24 bits per heavy atom. The van der Waals surface area contributed by atoms with Crippen LogP contribution in [0.25, 0.3) is 0 Å². The van der Waals surface area contributed by atoms with Gasteiger partial charge in [0.25, 0.3) is 0 Å². The van der Waals surface area contributed by atoms with Gasteiger partial charge >= 0.3 is 0 Å². The van der Waals surface area contributed by atoms with Crippen molar-refractivity contribution in [3.63, 3.8) is 0 Å². The van der Waals surface area contributed by atoms with E-state index in [4.69, 9.17) is 5.73 Å². The van der Waals surface area contributed by atoms with Gasteiger partial charge in [0.05, 0.1) is 5.69 Å². The number of hydrogen-bond acceptors (Lipinski definition) is 4. The Hall–Kier alpha value is -2.24. The van der Waals surface area contributed by atoms with Crippen molar-refractivity contribution in [2.45, 2.75) is 6.92 Å². The Morgan fingerprint density at radius 2 is 2.00 bits per heavy atom. The summed E-state index contributed by atoms with van der Waals surface area (Å²) in [5.41, 5.74) is 6.17. The summed E-state index contributed by atoms with van der Waals surface area (Å²) in [7, 11) is 0. The molecule has 0 aliphatic rings. The van der Waals surface area contributed by atoms with Gasteiger partial charge in [-0.3, -0.25) is 0 Å². The summed E-state index contributed by atoms with van der Waals surface area (Å²) in [6.07, 6.45) is 1.25. The summed E-state index contributed by atoms with van der Waals surface area (Å²) in [5.74, 6) is -1.24. The van der Waals surface area contributed by atoms with Crippen molar-refractivity contribution in [1.29, 1.82) is 0 Å². The average Bonchev–Trinajstić information content (AvgIpc) is 2.31. The SMILES string of the molecule is Cc1c(N)ncnc1Nc1cccc(F)c1F. The van der Waals surface area contributed by atoms with Crippen LogP contribution < -0.4 is 11.1 Å². The molecular weight excluding hydrogens is 226 g/mol. The molecule has 3 N–H and O–H groups in total. The topological polar surface area (TPSA) is 63.8 Å². The molecule has 4 nitrogen and oxygen atoms in total. The first-order chi connectivity index (χ1) is 8.09. The minimum absolute atomic E-state index is 0.00574. The van der Waals surface area contributed by atoms with E-state index in [-0.39, 0.29) is 5.69 Å². The Bertz CT molecular complexity index is 508. The molecule has 0 unspecified atom stereocenters. The number of rotatable bonds is 2. The number of nitrogen functional groups attached to an aromatic ring is 1. The van der Waals surface area contributed by atoms with Crippen molar-refractivity contribution in [3.8, 4) is 0 Å². The normalized spacial score (nSPS) is 10.3. The number of nitrogens with zero attached hydrogens (tertiary/aromatic N) is 2. The number of nitrogens with two attached hydrogens (primary N) is 1. The Balaban J connectivity index is 2.38. The molecule has 17 heavy (non-hydrogen) atoms. The first kappa shape index (κ1) is 11.3. The van der Waals surface area contributed by atoms with Crippen LogP contribution in [0.5, 0.6) is 0 Å². The maximum atomic E-state index is 13.4. The van der Waals surface area contributed by atoms with Crippen LogP contribution in [0.4, 0.5) is 26.1 Å². The zero-order valence-electron chi connectivity index (χ0n) is 9.04. The fourth-order valence-corrected chi connectivity index (χ4v) is 1.32. The summed E-state index contributed by atoms with van der Waals surface area (Å²) in [6, 6.07) is 3.86. The zero-order chi connectivity index (χ0) is 12.4. The number of nitrogens with one attached hydrogen (secondary N) is 1. The van der Waals surface area contributed by atoms with Crippen molar-refractivity contribution in [1.82, 2.24) is 9.97 Å². The predicted molar refractivity (Wildman–Crippen MR) is 60.8 cm³/mol. The third kappa shape index (κ3) is 2.15. The second-order valence-corrected chi connectivity index (χ2v) is 3.46. The molecule has 1 aromatic carbocycles. The van der Waals surface area contributed by atoms with Gasteiger partial charge in [-0.2, -0.15) is 0 Å². The van der Waals surface area contributed by atoms with E-state index in [9.17, 15) is 8.78 Å². The lowest BCUT2D eigenvalue weighted by Gasteiger charge is -2.10. The number of aromatic nitrogens is 2. The third-order valence-electron chi connectivity index (χ3n) is 2.33. The first-order valence-corrected chi connectivity index (χ1v) is 4.87. The van der Waals surface area contributed by atoms with Crippen molar-refractivity contribution in [2.75, 3.05) is 11.1 Å². The number of halogens is 2. The quantitative estimate of drug-likeness (QED) is 0.840. The smallest absolute Gasteiger partial charge is 0.182 e. The first-order valence-electron chi connectivity index (χ1n) is 4.87. The number of hydrogen-bond donors (Lipinski definition) is 2. The van der Waals surface area contributed by atoms with E-state index in [1.165, 1.54) is 18.5 Å². The van der Waals surface area contributed by atoms with Crippen LogP contribution in [-0.2, 0) is 0 Å². The molecule has 0 amide bonds. The lowest BCUT2D eigenvalue weighted by Crippen LogP contribution is -2.03. The average molecular weight is 236 g/mol. The van der Waals surface area contributed by atoms with Gasteiger partial charge in [-0.15, -0.1) is 0 Å². The van der Waals surface area contributed by atoms with Crippen LogP contribution in [0.1, 0.15) is 5.56 Å². The molecule has 0 saturated heterocycles. The predicted octanol–water partition coefficient (Wildman–Crippen LogP) is 2.39. The number of benzene rings is 1. The monoisotopic (exact) mass is 236 g/mol. The summed E-state index contributed by atoms with van der Waals surface area (Å²) < 4.78 is 26.4.